The van der Waals surface area contributed by atoms with E-state index < -0.39 is 0 Å². The Balaban J connectivity index is 1.54. The minimum Gasteiger partial charge on any atom is -0.357 e. The van der Waals surface area contributed by atoms with Gasteiger partial charge in [-0.25, -0.2) is 4.31 Å². The third kappa shape index (κ3) is 2.26. The number of thioether (sulfide) groups is 1. The van der Waals surface area contributed by atoms with Crippen LogP contribution < -0.4 is 0 Å². The van der Waals surface area contributed by atoms with Crippen LogP contribution in [0.4, 0.5) is 0 Å². The van der Waals surface area contributed by atoms with E-state index in [4.69, 9.17) is 16.3 Å². The van der Waals surface area contributed by atoms with Gasteiger partial charge in [0.05, 0.1) is 12.1 Å². The molecule has 3 aliphatic heterocycles. The zero-order chi connectivity index (χ0) is 13.0. The van der Waals surface area contributed by atoms with Crippen molar-refractivity contribution in [3.63, 3.8) is 0 Å². The normalized spacial score (nSPS) is 48.0. The summed E-state index contributed by atoms with van der Waals surface area (Å²) in [6.07, 6.45) is 8.74. The zero-order valence-corrected chi connectivity index (χ0v) is 13.7. The summed E-state index contributed by atoms with van der Waals surface area (Å²) in [5, 5.41) is 2.35. The molecular formula is C14H22ClNOS2. The molecule has 0 amide bonds. The first kappa shape index (κ1) is 13.6. The van der Waals surface area contributed by atoms with E-state index in [2.05, 4.69) is 28.0 Å². The summed E-state index contributed by atoms with van der Waals surface area (Å²) in [6, 6.07) is 1.42. The standard InChI is InChI=1S/C14H22ClNOS2/c1-8(15)17-13-10-7-11-14(18-10)12(13)16(19-11)9-5-3-2-4-6-9/h8-14H,2-7H2,1H3. The van der Waals surface area contributed by atoms with E-state index in [-0.39, 0.29) is 5.56 Å². The Morgan fingerprint density at radius 1 is 1.21 bits per heavy atom. The number of rotatable bonds is 3. The molecule has 0 N–H and O–H groups in total. The Kier molecular flexibility index (Phi) is 3.77. The van der Waals surface area contributed by atoms with Crippen LogP contribution in [0.1, 0.15) is 45.4 Å². The number of halogens is 1. The van der Waals surface area contributed by atoms with Gasteiger partial charge in [-0.3, -0.25) is 0 Å². The Morgan fingerprint density at radius 3 is 2.74 bits per heavy atom. The maximum atomic E-state index is 6.11. The fraction of sp³-hybridized carbons (Fsp3) is 1.00. The topological polar surface area (TPSA) is 12.5 Å². The third-order valence-corrected chi connectivity index (χ3v) is 8.58. The van der Waals surface area contributed by atoms with Gasteiger partial charge in [-0.15, -0.1) is 11.8 Å². The first-order valence-electron chi connectivity index (χ1n) is 7.64. The van der Waals surface area contributed by atoms with Gasteiger partial charge in [0.25, 0.3) is 0 Å². The lowest BCUT2D eigenvalue weighted by molar-refractivity contribution is -0.00897. The van der Waals surface area contributed by atoms with Crippen LogP contribution in [0.2, 0.25) is 0 Å². The molecule has 2 bridgehead atoms. The van der Waals surface area contributed by atoms with Crippen LogP contribution in [0, 0.1) is 0 Å². The molecule has 4 fully saturated rings. The van der Waals surface area contributed by atoms with Gasteiger partial charge in [0.15, 0.2) is 0 Å². The van der Waals surface area contributed by atoms with E-state index in [1.54, 1.807) is 0 Å². The van der Waals surface area contributed by atoms with E-state index >= 15 is 0 Å². The summed E-state index contributed by atoms with van der Waals surface area (Å²) in [7, 11) is 0. The Labute approximate surface area is 129 Å². The molecule has 4 aliphatic rings. The van der Waals surface area contributed by atoms with Crippen LogP contribution in [0.25, 0.3) is 0 Å². The molecule has 3 saturated heterocycles. The van der Waals surface area contributed by atoms with Gasteiger partial charge in [0.2, 0.25) is 0 Å². The third-order valence-electron chi connectivity index (χ3n) is 5.03. The van der Waals surface area contributed by atoms with E-state index in [0.717, 1.165) is 16.5 Å². The Hall–Kier alpha value is 0.910. The van der Waals surface area contributed by atoms with E-state index in [1.165, 1.54) is 38.5 Å². The molecule has 19 heavy (non-hydrogen) atoms. The summed E-state index contributed by atoms with van der Waals surface area (Å²) < 4.78 is 8.83. The van der Waals surface area contributed by atoms with Crippen molar-refractivity contribution in [2.24, 2.45) is 0 Å². The van der Waals surface area contributed by atoms with Crippen molar-refractivity contribution < 1.29 is 4.74 Å². The highest BCUT2D eigenvalue weighted by atomic mass is 35.5. The maximum absolute atomic E-state index is 6.11. The second-order valence-electron chi connectivity index (χ2n) is 6.30. The van der Waals surface area contributed by atoms with E-state index in [9.17, 15) is 0 Å². The average Bonchev–Trinajstić information content (AvgIpc) is 2.99. The number of hydrogen-bond acceptors (Lipinski definition) is 4. The lowest BCUT2D eigenvalue weighted by atomic mass is 9.89. The zero-order valence-electron chi connectivity index (χ0n) is 11.3. The molecule has 1 aliphatic carbocycles. The van der Waals surface area contributed by atoms with E-state index in [0.29, 0.717) is 17.4 Å². The van der Waals surface area contributed by atoms with Crippen molar-refractivity contribution in [2.45, 2.75) is 84.9 Å². The first-order chi connectivity index (χ1) is 9.24. The summed E-state index contributed by atoms with van der Waals surface area (Å²) in [4.78, 5) is 0. The predicted molar refractivity (Wildman–Crippen MR) is 83.9 cm³/mol. The monoisotopic (exact) mass is 319 g/mol. The summed E-state index contributed by atoms with van der Waals surface area (Å²) in [5.74, 6) is 0. The van der Waals surface area contributed by atoms with Crippen molar-refractivity contribution in [2.75, 3.05) is 0 Å². The Morgan fingerprint density at radius 2 is 2.00 bits per heavy atom. The molecular weight excluding hydrogens is 298 g/mol. The second-order valence-corrected chi connectivity index (χ2v) is 9.58. The molecule has 1 saturated carbocycles. The molecule has 0 aromatic carbocycles. The highest BCUT2D eigenvalue weighted by Crippen LogP contribution is 2.61. The molecule has 6 unspecified atom stereocenters. The number of nitrogens with zero attached hydrogens (tertiary/aromatic N) is 1. The van der Waals surface area contributed by atoms with Crippen molar-refractivity contribution in [1.29, 1.82) is 0 Å². The first-order valence-corrected chi connectivity index (χ1v) is 9.86. The number of fused-ring (bicyclic) bond motifs is 1. The molecule has 0 spiro atoms. The minimum absolute atomic E-state index is 0.151. The smallest absolute Gasteiger partial charge is 0.128 e. The van der Waals surface area contributed by atoms with Crippen molar-refractivity contribution in [1.82, 2.24) is 4.31 Å². The number of hydrogen-bond donors (Lipinski definition) is 0. The molecule has 4 rings (SSSR count). The lowest BCUT2D eigenvalue weighted by Crippen LogP contribution is -2.49. The van der Waals surface area contributed by atoms with Gasteiger partial charge >= 0.3 is 0 Å². The molecule has 2 nitrogen and oxygen atoms in total. The summed E-state index contributed by atoms with van der Waals surface area (Å²) >= 11 is 10.4. The van der Waals surface area contributed by atoms with Crippen molar-refractivity contribution in [3.8, 4) is 0 Å². The molecule has 3 heterocycles. The van der Waals surface area contributed by atoms with E-state index in [1.807, 2.05) is 6.92 Å². The Bertz CT molecular complexity index is 348. The highest BCUT2D eigenvalue weighted by Gasteiger charge is 2.62. The van der Waals surface area contributed by atoms with Crippen LogP contribution in [0.5, 0.6) is 0 Å². The van der Waals surface area contributed by atoms with Gasteiger partial charge < -0.3 is 4.74 Å². The van der Waals surface area contributed by atoms with Gasteiger partial charge in [0.1, 0.15) is 5.56 Å². The fourth-order valence-electron chi connectivity index (χ4n) is 4.30. The molecule has 0 aromatic heterocycles. The van der Waals surface area contributed by atoms with Crippen molar-refractivity contribution >= 4 is 35.3 Å². The van der Waals surface area contributed by atoms with Gasteiger partial charge in [-0.1, -0.05) is 42.8 Å². The lowest BCUT2D eigenvalue weighted by Gasteiger charge is -2.37. The van der Waals surface area contributed by atoms with Crippen LogP contribution in [-0.4, -0.2) is 43.8 Å². The fourth-order valence-corrected chi connectivity index (χ4v) is 8.45. The quantitative estimate of drug-likeness (QED) is 0.578. The number of ether oxygens (including phenoxy) is 1. The predicted octanol–water partition coefficient (Wildman–Crippen LogP) is 3.88. The SMILES string of the molecule is CC(Cl)OC1C2CC3SN(C4CCCCC4)C1C3S2. The number of alkyl halides is 1. The highest BCUT2D eigenvalue weighted by molar-refractivity contribution is 8.05. The summed E-state index contributed by atoms with van der Waals surface area (Å²) in [5.41, 5.74) is -0.151. The molecule has 108 valence electrons. The van der Waals surface area contributed by atoms with Crippen LogP contribution in [-0.2, 0) is 4.74 Å². The molecule has 0 radical (unpaired) electrons. The maximum Gasteiger partial charge on any atom is 0.128 e. The van der Waals surface area contributed by atoms with Gasteiger partial charge in [-0.2, -0.15) is 0 Å². The van der Waals surface area contributed by atoms with Gasteiger partial charge in [-0.05, 0) is 26.2 Å². The molecule has 0 aromatic rings. The molecule has 5 heteroatoms. The van der Waals surface area contributed by atoms with Crippen molar-refractivity contribution in [3.05, 3.63) is 0 Å². The molecule has 6 atom stereocenters. The second kappa shape index (κ2) is 5.28. The van der Waals surface area contributed by atoms with Crippen LogP contribution in [0.15, 0.2) is 0 Å². The summed E-state index contributed by atoms with van der Waals surface area (Å²) in [6.45, 7) is 1.96. The average molecular weight is 320 g/mol. The van der Waals surface area contributed by atoms with Gasteiger partial charge in [0, 0.05) is 21.8 Å². The van der Waals surface area contributed by atoms with Crippen LogP contribution in [0.3, 0.4) is 0 Å². The van der Waals surface area contributed by atoms with Crippen LogP contribution >= 0.6 is 35.3 Å². The minimum atomic E-state index is -0.151. The largest absolute Gasteiger partial charge is 0.357 e.